The highest BCUT2D eigenvalue weighted by Gasteiger charge is 2.14. The summed E-state index contributed by atoms with van der Waals surface area (Å²) in [7, 11) is 0. The zero-order valence-electron chi connectivity index (χ0n) is 9.81. The van der Waals surface area contributed by atoms with Crippen LogP contribution in [0.1, 0.15) is 19.4 Å². The molecule has 0 aliphatic carbocycles. The fraction of sp³-hybridized carbons (Fsp3) is 0.500. The maximum atomic E-state index is 5.96. The molecule has 0 fully saturated rings. The van der Waals surface area contributed by atoms with Gasteiger partial charge in [0, 0.05) is 27.3 Å². The fourth-order valence-corrected chi connectivity index (χ4v) is 2.08. The van der Waals surface area contributed by atoms with E-state index in [1.165, 1.54) is 5.56 Å². The number of nitrogens with one attached hydrogen (secondary N) is 1. The van der Waals surface area contributed by atoms with Crippen LogP contribution in [0.5, 0.6) is 0 Å². The van der Waals surface area contributed by atoms with Gasteiger partial charge in [-0.2, -0.15) is 11.8 Å². The molecular weight excluding hydrogens is 306 g/mol. The fourth-order valence-electron chi connectivity index (χ4n) is 1.25. The average molecular weight is 323 g/mol. The van der Waals surface area contributed by atoms with Gasteiger partial charge in [0.1, 0.15) is 0 Å². The van der Waals surface area contributed by atoms with Gasteiger partial charge >= 0.3 is 0 Å². The highest BCUT2D eigenvalue weighted by molar-refractivity contribution is 9.10. The average Bonchev–Trinajstić information content (AvgIpc) is 2.23. The molecule has 4 heteroatoms. The van der Waals surface area contributed by atoms with Crippen molar-refractivity contribution in [3.8, 4) is 0 Å². The number of thioether (sulfide) groups is 1. The van der Waals surface area contributed by atoms with Gasteiger partial charge in [-0.25, -0.2) is 0 Å². The van der Waals surface area contributed by atoms with Crippen molar-refractivity contribution in [1.29, 1.82) is 0 Å². The van der Waals surface area contributed by atoms with Crippen molar-refractivity contribution in [3.05, 3.63) is 33.3 Å². The van der Waals surface area contributed by atoms with Gasteiger partial charge in [-0.1, -0.05) is 27.5 Å². The minimum atomic E-state index is 0.269. The van der Waals surface area contributed by atoms with Crippen molar-refractivity contribution < 1.29 is 0 Å². The van der Waals surface area contributed by atoms with Crippen molar-refractivity contribution in [3.63, 3.8) is 0 Å². The van der Waals surface area contributed by atoms with Gasteiger partial charge in [0.2, 0.25) is 0 Å². The molecule has 0 heterocycles. The van der Waals surface area contributed by atoms with Crippen molar-refractivity contribution in [2.45, 2.75) is 25.1 Å². The first-order valence-electron chi connectivity index (χ1n) is 5.14. The number of halogens is 2. The van der Waals surface area contributed by atoms with E-state index in [0.29, 0.717) is 0 Å². The van der Waals surface area contributed by atoms with Crippen LogP contribution >= 0.6 is 39.3 Å². The number of benzene rings is 1. The Morgan fingerprint density at radius 2 is 2.12 bits per heavy atom. The lowest BCUT2D eigenvalue weighted by molar-refractivity contribution is 0.590. The Kier molecular flexibility index (Phi) is 5.65. The lowest BCUT2D eigenvalue weighted by atomic mass is 10.2. The summed E-state index contributed by atoms with van der Waals surface area (Å²) in [5.74, 6) is 0. The molecule has 0 radical (unpaired) electrons. The Balaban J connectivity index is 2.52. The smallest absolute Gasteiger partial charge is 0.0410 e. The second-order valence-electron chi connectivity index (χ2n) is 4.30. The highest BCUT2D eigenvalue weighted by Crippen LogP contribution is 2.22. The predicted octanol–water partition coefficient (Wildman–Crippen LogP) is 4.33. The van der Waals surface area contributed by atoms with E-state index in [2.05, 4.69) is 41.3 Å². The Morgan fingerprint density at radius 3 is 2.75 bits per heavy atom. The van der Waals surface area contributed by atoms with Gasteiger partial charge in [0.05, 0.1) is 0 Å². The molecule has 0 spiro atoms. The first-order valence-corrected chi connectivity index (χ1v) is 7.54. The first kappa shape index (κ1) is 14.4. The lowest BCUT2D eigenvalue weighted by Crippen LogP contribution is -2.31. The van der Waals surface area contributed by atoms with Crippen molar-refractivity contribution in [2.75, 3.05) is 12.8 Å². The molecule has 1 rings (SSSR count). The molecule has 0 saturated carbocycles. The molecule has 0 atom stereocenters. The van der Waals surface area contributed by atoms with Crippen LogP contribution in [0.4, 0.5) is 0 Å². The minimum Gasteiger partial charge on any atom is -0.311 e. The number of hydrogen-bond donors (Lipinski definition) is 1. The predicted molar refractivity (Wildman–Crippen MR) is 78.5 cm³/mol. The molecule has 0 aliphatic rings. The van der Waals surface area contributed by atoms with Crippen LogP contribution in [0.3, 0.4) is 0 Å². The monoisotopic (exact) mass is 321 g/mol. The van der Waals surface area contributed by atoms with E-state index in [-0.39, 0.29) is 4.75 Å². The molecule has 0 aliphatic heterocycles. The zero-order chi connectivity index (χ0) is 12.2. The summed E-state index contributed by atoms with van der Waals surface area (Å²) in [5, 5.41) is 4.23. The number of hydrogen-bond acceptors (Lipinski definition) is 2. The molecule has 0 amide bonds. The Morgan fingerprint density at radius 1 is 1.44 bits per heavy atom. The summed E-state index contributed by atoms with van der Waals surface area (Å²) in [5.41, 5.74) is 1.20. The van der Waals surface area contributed by atoms with Gasteiger partial charge in [0.25, 0.3) is 0 Å². The van der Waals surface area contributed by atoms with E-state index < -0.39 is 0 Å². The third-order valence-corrected chi connectivity index (χ3v) is 4.68. The van der Waals surface area contributed by atoms with Crippen LogP contribution in [0.2, 0.25) is 5.02 Å². The van der Waals surface area contributed by atoms with E-state index in [0.717, 1.165) is 22.6 Å². The Labute approximate surface area is 115 Å². The van der Waals surface area contributed by atoms with Gasteiger partial charge in [-0.05, 0) is 43.9 Å². The molecule has 16 heavy (non-hydrogen) atoms. The molecule has 1 aromatic rings. The van der Waals surface area contributed by atoms with E-state index in [1.54, 1.807) is 0 Å². The van der Waals surface area contributed by atoms with E-state index in [4.69, 9.17) is 11.6 Å². The Hall–Kier alpha value is 0.300. The summed E-state index contributed by atoms with van der Waals surface area (Å²) in [6.07, 6.45) is 2.14. The standard InChI is InChI=1S/C12H17BrClNS/c1-12(2,16-3)8-15-7-9-6-10(14)4-5-11(9)13/h4-6,15H,7-8H2,1-3H3. The van der Waals surface area contributed by atoms with Crippen molar-refractivity contribution >= 4 is 39.3 Å². The van der Waals surface area contributed by atoms with Crippen molar-refractivity contribution in [2.24, 2.45) is 0 Å². The SMILES string of the molecule is CSC(C)(C)CNCc1cc(Cl)ccc1Br. The highest BCUT2D eigenvalue weighted by atomic mass is 79.9. The molecule has 1 aromatic carbocycles. The molecule has 0 saturated heterocycles. The van der Waals surface area contributed by atoms with Gasteiger partial charge < -0.3 is 5.32 Å². The molecular formula is C12H17BrClNS. The van der Waals surface area contributed by atoms with E-state index in [9.17, 15) is 0 Å². The largest absolute Gasteiger partial charge is 0.311 e. The van der Waals surface area contributed by atoms with Crippen LogP contribution in [-0.4, -0.2) is 17.5 Å². The third kappa shape index (κ3) is 4.66. The second kappa shape index (κ2) is 6.29. The first-order chi connectivity index (χ1) is 7.44. The van der Waals surface area contributed by atoms with E-state index in [1.807, 2.05) is 30.0 Å². The quantitative estimate of drug-likeness (QED) is 0.866. The van der Waals surface area contributed by atoms with Crippen LogP contribution in [-0.2, 0) is 6.54 Å². The number of rotatable bonds is 5. The summed E-state index contributed by atoms with van der Waals surface area (Å²) in [6, 6.07) is 5.87. The Bertz CT molecular complexity index is 355. The molecule has 1 nitrogen and oxygen atoms in total. The summed E-state index contributed by atoms with van der Waals surface area (Å²) in [6.45, 7) is 6.29. The molecule has 90 valence electrons. The zero-order valence-corrected chi connectivity index (χ0v) is 13.0. The minimum absolute atomic E-state index is 0.269. The summed E-state index contributed by atoms with van der Waals surface area (Å²) >= 11 is 11.4. The van der Waals surface area contributed by atoms with Crippen LogP contribution in [0, 0.1) is 0 Å². The van der Waals surface area contributed by atoms with Crippen molar-refractivity contribution in [1.82, 2.24) is 5.32 Å². The lowest BCUT2D eigenvalue weighted by Gasteiger charge is -2.22. The third-order valence-electron chi connectivity index (χ3n) is 2.43. The maximum Gasteiger partial charge on any atom is 0.0410 e. The van der Waals surface area contributed by atoms with Crippen LogP contribution < -0.4 is 5.32 Å². The summed E-state index contributed by atoms with van der Waals surface area (Å²) < 4.78 is 1.37. The van der Waals surface area contributed by atoms with Crippen LogP contribution in [0.15, 0.2) is 22.7 Å². The van der Waals surface area contributed by atoms with Gasteiger partial charge in [0.15, 0.2) is 0 Å². The van der Waals surface area contributed by atoms with Gasteiger partial charge in [-0.3, -0.25) is 0 Å². The maximum absolute atomic E-state index is 5.96. The summed E-state index contributed by atoms with van der Waals surface area (Å²) in [4.78, 5) is 0. The topological polar surface area (TPSA) is 12.0 Å². The molecule has 0 aromatic heterocycles. The molecule has 0 bridgehead atoms. The van der Waals surface area contributed by atoms with E-state index >= 15 is 0 Å². The second-order valence-corrected chi connectivity index (χ2v) is 7.11. The van der Waals surface area contributed by atoms with Gasteiger partial charge in [-0.15, -0.1) is 0 Å². The molecule has 1 N–H and O–H groups in total. The molecule has 0 unspecified atom stereocenters. The normalized spacial score (nSPS) is 11.8. The van der Waals surface area contributed by atoms with Crippen LogP contribution in [0.25, 0.3) is 0 Å².